The monoisotopic (exact) mass is 270 g/mol. The van der Waals surface area contributed by atoms with Crippen LogP contribution in [0.2, 0.25) is 0 Å². The highest BCUT2D eigenvalue weighted by Gasteiger charge is 2.23. The molecule has 0 radical (unpaired) electrons. The van der Waals surface area contributed by atoms with Crippen LogP contribution in [-0.2, 0) is 14.8 Å². The molecule has 6 heteroatoms. The Morgan fingerprint density at radius 1 is 1.33 bits per heavy atom. The van der Waals surface area contributed by atoms with E-state index in [-0.39, 0.29) is 12.3 Å². The number of rotatable bonds is 5. The highest BCUT2D eigenvalue weighted by atomic mass is 32.2. The van der Waals surface area contributed by atoms with Gasteiger partial charge in [0.2, 0.25) is 15.9 Å². The fourth-order valence-corrected chi connectivity index (χ4v) is 2.77. The molecule has 0 aliphatic rings. The minimum absolute atomic E-state index is 0.0757. The number of benzene rings is 1. The Bertz CT molecular complexity index is 552. The lowest BCUT2D eigenvalue weighted by Crippen LogP contribution is -2.39. The van der Waals surface area contributed by atoms with Crippen molar-refractivity contribution in [1.29, 1.82) is 0 Å². The molecule has 18 heavy (non-hydrogen) atoms. The summed E-state index contributed by atoms with van der Waals surface area (Å²) in [6, 6.07) is 5.33. The summed E-state index contributed by atoms with van der Waals surface area (Å²) in [5, 5.41) is 0. The molecule has 2 N–H and O–H groups in total. The Kier molecular flexibility index (Phi) is 4.34. The number of primary amides is 1. The molecular weight excluding hydrogens is 252 g/mol. The van der Waals surface area contributed by atoms with Crippen LogP contribution < -0.4 is 10.0 Å². The molecule has 0 fully saturated rings. The molecule has 0 bridgehead atoms. The van der Waals surface area contributed by atoms with Gasteiger partial charge >= 0.3 is 0 Å². The highest BCUT2D eigenvalue weighted by Crippen LogP contribution is 2.25. The number of carbonyl (C=O) groups is 1. The molecule has 0 spiro atoms. The first-order valence-electron chi connectivity index (χ1n) is 5.64. The van der Waals surface area contributed by atoms with Crippen LogP contribution in [-0.4, -0.2) is 26.6 Å². The van der Waals surface area contributed by atoms with E-state index < -0.39 is 15.9 Å². The second-order valence-electron chi connectivity index (χ2n) is 4.09. The molecular formula is C12H18N2O3S. The summed E-state index contributed by atoms with van der Waals surface area (Å²) in [5.41, 5.74) is 7.43. The molecule has 1 aromatic rings. The Balaban J connectivity index is 3.35. The lowest BCUT2D eigenvalue weighted by atomic mass is 10.1. The van der Waals surface area contributed by atoms with Gasteiger partial charge in [-0.2, -0.15) is 0 Å². The number of sulfonamides is 1. The number of hydrogen-bond donors (Lipinski definition) is 1. The normalized spacial score (nSPS) is 11.3. The van der Waals surface area contributed by atoms with Gasteiger partial charge in [-0.05, 0) is 38.0 Å². The van der Waals surface area contributed by atoms with Crippen LogP contribution in [0.3, 0.4) is 0 Å². The van der Waals surface area contributed by atoms with E-state index in [0.29, 0.717) is 5.69 Å². The summed E-state index contributed by atoms with van der Waals surface area (Å²) in [7, 11) is -3.52. The quantitative estimate of drug-likeness (QED) is 0.864. The minimum atomic E-state index is -3.52. The summed E-state index contributed by atoms with van der Waals surface area (Å²) in [6.07, 6.45) is 0. The molecule has 1 rings (SSSR count). The van der Waals surface area contributed by atoms with Crippen LogP contribution in [0.4, 0.5) is 5.69 Å². The summed E-state index contributed by atoms with van der Waals surface area (Å²) < 4.78 is 25.1. The molecule has 0 saturated carbocycles. The SMILES string of the molecule is CCS(=O)(=O)N(CC(N)=O)c1cccc(C)c1C. The van der Waals surface area contributed by atoms with Crippen molar-refractivity contribution >= 4 is 21.6 Å². The number of nitrogens with two attached hydrogens (primary N) is 1. The fraction of sp³-hybridized carbons (Fsp3) is 0.417. The van der Waals surface area contributed by atoms with Crippen LogP contribution in [0.5, 0.6) is 0 Å². The summed E-state index contributed by atoms with van der Waals surface area (Å²) >= 11 is 0. The van der Waals surface area contributed by atoms with Crippen LogP contribution in [0.25, 0.3) is 0 Å². The van der Waals surface area contributed by atoms with Gasteiger partial charge in [0, 0.05) is 0 Å². The standard InChI is InChI=1S/C12H18N2O3S/c1-4-18(16,17)14(8-12(13)15)11-7-5-6-9(2)10(11)3/h5-7H,4,8H2,1-3H3,(H2,13,15). The third-order valence-corrected chi connectivity index (χ3v) is 4.57. The first-order valence-corrected chi connectivity index (χ1v) is 7.25. The van der Waals surface area contributed by atoms with E-state index in [0.717, 1.165) is 15.4 Å². The topological polar surface area (TPSA) is 80.5 Å². The van der Waals surface area contributed by atoms with E-state index in [1.165, 1.54) is 6.92 Å². The zero-order valence-electron chi connectivity index (χ0n) is 10.8. The maximum absolute atomic E-state index is 12.0. The first kappa shape index (κ1) is 14.5. The van der Waals surface area contributed by atoms with Crippen molar-refractivity contribution in [2.45, 2.75) is 20.8 Å². The average Bonchev–Trinajstić information content (AvgIpc) is 2.30. The number of nitrogens with zero attached hydrogens (tertiary/aromatic N) is 1. The molecule has 0 atom stereocenters. The van der Waals surface area contributed by atoms with Crippen LogP contribution >= 0.6 is 0 Å². The number of aryl methyl sites for hydroxylation is 1. The van der Waals surface area contributed by atoms with E-state index in [2.05, 4.69) is 0 Å². The van der Waals surface area contributed by atoms with Crippen LogP contribution in [0.15, 0.2) is 18.2 Å². The van der Waals surface area contributed by atoms with Gasteiger partial charge in [0.05, 0.1) is 11.4 Å². The zero-order chi connectivity index (χ0) is 13.9. The molecule has 0 heterocycles. The Hall–Kier alpha value is -1.56. The summed E-state index contributed by atoms with van der Waals surface area (Å²) in [6.45, 7) is 4.92. The fourth-order valence-electron chi connectivity index (χ4n) is 1.64. The maximum Gasteiger partial charge on any atom is 0.238 e. The Labute approximate surface area is 108 Å². The Morgan fingerprint density at radius 2 is 1.94 bits per heavy atom. The first-order chi connectivity index (χ1) is 8.29. The van der Waals surface area contributed by atoms with Crippen LogP contribution in [0, 0.1) is 13.8 Å². The Morgan fingerprint density at radius 3 is 2.44 bits per heavy atom. The van der Waals surface area contributed by atoms with Crippen molar-refractivity contribution in [2.75, 3.05) is 16.6 Å². The van der Waals surface area contributed by atoms with Gasteiger partial charge in [-0.25, -0.2) is 8.42 Å². The molecule has 5 nitrogen and oxygen atoms in total. The maximum atomic E-state index is 12.0. The van der Waals surface area contributed by atoms with E-state index in [9.17, 15) is 13.2 Å². The van der Waals surface area contributed by atoms with E-state index in [1.54, 1.807) is 12.1 Å². The molecule has 100 valence electrons. The van der Waals surface area contributed by atoms with Crippen molar-refractivity contribution in [2.24, 2.45) is 5.73 Å². The number of hydrogen-bond acceptors (Lipinski definition) is 3. The van der Waals surface area contributed by atoms with Crippen molar-refractivity contribution in [3.63, 3.8) is 0 Å². The van der Waals surface area contributed by atoms with Gasteiger partial charge < -0.3 is 5.73 Å². The van der Waals surface area contributed by atoms with Crippen molar-refractivity contribution in [1.82, 2.24) is 0 Å². The largest absolute Gasteiger partial charge is 0.368 e. The average molecular weight is 270 g/mol. The molecule has 0 aliphatic carbocycles. The predicted octanol–water partition coefficient (Wildman–Crippen LogP) is 0.945. The highest BCUT2D eigenvalue weighted by molar-refractivity contribution is 7.92. The van der Waals surface area contributed by atoms with E-state index in [4.69, 9.17) is 5.73 Å². The zero-order valence-corrected chi connectivity index (χ0v) is 11.6. The van der Waals surface area contributed by atoms with E-state index >= 15 is 0 Å². The van der Waals surface area contributed by atoms with Gasteiger partial charge in [-0.15, -0.1) is 0 Å². The van der Waals surface area contributed by atoms with Gasteiger partial charge in [0.25, 0.3) is 0 Å². The predicted molar refractivity (Wildman–Crippen MR) is 71.9 cm³/mol. The number of amides is 1. The van der Waals surface area contributed by atoms with Gasteiger partial charge in [-0.3, -0.25) is 9.10 Å². The van der Waals surface area contributed by atoms with Crippen molar-refractivity contribution in [3.05, 3.63) is 29.3 Å². The molecule has 0 saturated heterocycles. The van der Waals surface area contributed by atoms with Gasteiger partial charge in [-0.1, -0.05) is 12.1 Å². The third kappa shape index (κ3) is 3.01. The van der Waals surface area contributed by atoms with Crippen molar-refractivity contribution in [3.8, 4) is 0 Å². The van der Waals surface area contributed by atoms with Gasteiger partial charge in [0.1, 0.15) is 6.54 Å². The third-order valence-electron chi connectivity index (χ3n) is 2.84. The molecule has 1 amide bonds. The lowest BCUT2D eigenvalue weighted by Gasteiger charge is -2.24. The molecule has 0 aromatic heterocycles. The second-order valence-corrected chi connectivity index (χ2v) is 6.27. The number of carbonyl (C=O) groups excluding carboxylic acids is 1. The summed E-state index contributed by atoms with van der Waals surface area (Å²) in [5.74, 6) is -0.749. The molecule has 0 aliphatic heterocycles. The molecule has 0 unspecified atom stereocenters. The van der Waals surface area contributed by atoms with Crippen LogP contribution in [0.1, 0.15) is 18.1 Å². The smallest absolute Gasteiger partial charge is 0.238 e. The van der Waals surface area contributed by atoms with E-state index in [1.807, 2.05) is 19.9 Å². The summed E-state index contributed by atoms with van der Waals surface area (Å²) in [4.78, 5) is 11.1. The van der Waals surface area contributed by atoms with Crippen molar-refractivity contribution < 1.29 is 13.2 Å². The molecule has 1 aromatic carbocycles. The van der Waals surface area contributed by atoms with Gasteiger partial charge in [0.15, 0.2) is 0 Å². The second kappa shape index (κ2) is 5.39. The minimum Gasteiger partial charge on any atom is -0.368 e. The lowest BCUT2D eigenvalue weighted by molar-refractivity contribution is -0.116. The number of anilines is 1.